The van der Waals surface area contributed by atoms with Crippen molar-refractivity contribution in [3.8, 4) is 28.6 Å². The third-order valence-corrected chi connectivity index (χ3v) is 13.7. The highest BCUT2D eigenvalue weighted by Crippen LogP contribution is 2.46. The molecule has 0 bridgehead atoms. The molecular weight excluding hydrogens is 842 g/mol. The quantitative estimate of drug-likeness (QED) is 0.111. The Morgan fingerprint density at radius 2 is 1.88 bits per heavy atom. The first-order valence-electron chi connectivity index (χ1n) is 19.2. The number of aryl methyl sites for hydroxylation is 1. The van der Waals surface area contributed by atoms with Gasteiger partial charge in [-0.1, -0.05) is 38.4 Å². The number of ether oxygens (including phenoxy) is 3. The van der Waals surface area contributed by atoms with Crippen LogP contribution in [0.2, 0.25) is 5.02 Å². The summed E-state index contributed by atoms with van der Waals surface area (Å²) in [7, 11) is -2.43. The van der Waals surface area contributed by atoms with Crippen molar-refractivity contribution in [2.75, 3.05) is 19.0 Å². The monoisotopic (exact) mass is 886 g/mol. The summed E-state index contributed by atoms with van der Waals surface area (Å²) in [5, 5.41) is 9.12. The Morgan fingerprint density at radius 3 is 2.53 bits per heavy atom. The van der Waals surface area contributed by atoms with E-state index in [1.165, 1.54) is 47.8 Å². The Kier molecular flexibility index (Phi) is 11.8. The van der Waals surface area contributed by atoms with Gasteiger partial charge in [0.1, 0.15) is 35.2 Å². The Hall–Kier alpha value is -5.07. The van der Waals surface area contributed by atoms with E-state index in [0.29, 0.717) is 56.3 Å². The number of aromatic nitrogens is 2. The van der Waals surface area contributed by atoms with Gasteiger partial charge in [-0.05, 0) is 73.6 Å². The number of fused-ring (bicyclic) bond motifs is 1. The van der Waals surface area contributed by atoms with Crippen LogP contribution in [0.1, 0.15) is 52.0 Å². The van der Waals surface area contributed by atoms with Crippen LogP contribution in [0.25, 0.3) is 22.0 Å². The zero-order chi connectivity index (χ0) is 43.3. The maximum absolute atomic E-state index is 14.9. The zero-order valence-corrected chi connectivity index (χ0v) is 35.8. The highest BCUT2D eigenvalue weighted by molar-refractivity contribution is 7.91. The van der Waals surface area contributed by atoms with Crippen LogP contribution in [0.4, 0.5) is 13.9 Å². The van der Waals surface area contributed by atoms with Crippen LogP contribution in [-0.2, 0) is 24.4 Å². The summed E-state index contributed by atoms with van der Waals surface area (Å²) < 4.78 is 70.4. The molecule has 1 saturated heterocycles. The molecule has 60 heavy (non-hydrogen) atoms. The third-order valence-electron chi connectivity index (χ3n) is 10.8. The molecule has 19 heteroatoms. The van der Waals surface area contributed by atoms with Crippen molar-refractivity contribution < 1.29 is 45.8 Å². The summed E-state index contributed by atoms with van der Waals surface area (Å²) >= 11 is 7.57. The molecule has 0 unspecified atom stereocenters. The molecule has 3 N–H and O–H groups in total. The fourth-order valence-electron chi connectivity index (χ4n) is 7.45. The number of thiazole rings is 1. The molecule has 7 rings (SSSR count). The van der Waals surface area contributed by atoms with E-state index in [4.69, 9.17) is 21.1 Å². The lowest BCUT2D eigenvalue weighted by Crippen LogP contribution is -2.58. The number of anilines is 1. The number of pyridine rings is 1. The predicted molar refractivity (Wildman–Crippen MR) is 223 cm³/mol. The third kappa shape index (κ3) is 9.00. The molecule has 3 heterocycles. The Balaban J connectivity index is 1.19. The molecule has 14 nitrogen and oxygen atoms in total. The molecule has 3 fully saturated rings. The van der Waals surface area contributed by atoms with Crippen molar-refractivity contribution in [1.29, 1.82) is 0 Å². The van der Waals surface area contributed by atoms with Gasteiger partial charge in [-0.3, -0.25) is 19.1 Å². The van der Waals surface area contributed by atoms with Gasteiger partial charge in [-0.2, -0.15) is 8.78 Å². The molecule has 320 valence electrons. The second kappa shape index (κ2) is 16.4. The number of alkyl halides is 2. The summed E-state index contributed by atoms with van der Waals surface area (Å²) in [5.74, 6) is -1.91. The van der Waals surface area contributed by atoms with Gasteiger partial charge in [0, 0.05) is 39.1 Å². The van der Waals surface area contributed by atoms with E-state index in [-0.39, 0.29) is 31.0 Å². The molecule has 2 aromatic carbocycles. The first-order chi connectivity index (χ1) is 28.3. The van der Waals surface area contributed by atoms with E-state index >= 15 is 0 Å². The normalized spacial score (nSPS) is 21.9. The number of benzene rings is 2. The van der Waals surface area contributed by atoms with E-state index in [2.05, 4.69) is 36.6 Å². The van der Waals surface area contributed by atoms with Crippen LogP contribution < -0.4 is 29.6 Å². The number of hydrogen-bond donors (Lipinski definition) is 3. The lowest BCUT2D eigenvalue weighted by Gasteiger charge is -2.35. The van der Waals surface area contributed by atoms with Gasteiger partial charge in [0.2, 0.25) is 27.7 Å². The fraction of sp³-hybridized carbons (Fsp3) is 0.439. The average molecular weight is 887 g/mol. The van der Waals surface area contributed by atoms with Crippen LogP contribution in [0.5, 0.6) is 17.4 Å². The number of sulfonamides is 1. The minimum absolute atomic E-state index is 0.0151. The molecule has 0 spiro atoms. The Bertz CT molecular complexity index is 2460. The molecule has 3 amide bonds. The smallest absolute Gasteiger partial charge is 0.387 e. The number of halogens is 3. The highest BCUT2D eigenvalue weighted by Gasteiger charge is 2.62. The predicted octanol–water partition coefficient (Wildman–Crippen LogP) is 6.47. The van der Waals surface area contributed by atoms with Crippen LogP contribution in [-0.4, -0.2) is 90.2 Å². The largest absolute Gasteiger partial charge is 0.494 e. The number of amides is 3. The molecule has 3 aliphatic rings. The van der Waals surface area contributed by atoms with Crippen molar-refractivity contribution in [3.63, 3.8) is 0 Å². The van der Waals surface area contributed by atoms with Gasteiger partial charge in [-0.15, -0.1) is 17.9 Å². The number of methoxy groups -OCH3 is 1. The van der Waals surface area contributed by atoms with Crippen LogP contribution in [0.3, 0.4) is 0 Å². The second-order valence-electron chi connectivity index (χ2n) is 16.4. The number of carbonyl (C=O) groups excluding carboxylic acids is 3. The Labute approximate surface area is 355 Å². The second-order valence-corrected chi connectivity index (χ2v) is 19.6. The minimum atomic E-state index is -3.94. The number of nitrogens with zero attached hydrogens (tertiary/aromatic N) is 3. The lowest BCUT2D eigenvalue weighted by molar-refractivity contribution is -0.141. The van der Waals surface area contributed by atoms with Crippen molar-refractivity contribution in [2.24, 2.45) is 11.3 Å². The fourth-order valence-corrected chi connectivity index (χ4v) is 9.74. The zero-order valence-electron chi connectivity index (χ0n) is 33.5. The van der Waals surface area contributed by atoms with E-state index in [9.17, 15) is 31.6 Å². The molecular formula is C41H45ClF2N6O8S2. The van der Waals surface area contributed by atoms with Crippen molar-refractivity contribution in [1.82, 2.24) is 24.9 Å². The van der Waals surface area contributed by atoms with E-state index in [1.54, 1.807) is 36.6 Å². The van der Waals surface area contributed by atoms with E-state index in [0.717, 1.165) is 0 Å². The maximum Gasteiger partial charge on any atom is 0.387 e. The first kappa shape index (κ1) is 43.0. The maximum atomic E-state index is 14.9. The van der Waals surface area contributed by atoms with Gasteiger partial charge in [0.05, 0.1) is 30.8 Å². The molecule has 1 aliphatic heterocycles. The van der Waals surface area contributed by atoms with Crippen molar-refractivity contribution >= 4 is 66.6 Å². The number of likely N-dealkylation sites (tertiary alicyclic amines) is 1. The lowest BCUT2D eigenvalue weighted by atomic mass is 9.85. The molecule has 0 radical (unpaired) electrons. The summed E-state index contributed by atoms with van der Waals surface area (Å²) in [4.78, 5) is 53.6. The SMILES string of the molecule is C=C[C@@H]1C[C@]1(NC(=O)[C@@H]1C[C@@H](Oc2ncc(OC)c3ccc(Cl)cc23)CN1C(=O)[C@@H](Nc1nc(-c2cc(C)cc(OC(F)F)c2)cs1)C(C)(C)C)C(=O)NS(=O)(=O)C1CC1. The number of hydrogen-bond acceptors (Lipinski definition) is 12. The van der Waals surface area contributed by atoms with Gasteiger partial charge >= 0.3 is 6.61 Å². The summed E-state index contributed by atoms with van der Waals surface area (Å²) in [5.41, 5.74) is -0.679. The van der Waals surface area contributed by atoms with Gasteiger partial charge < -0.3 is 29.7 Å². The van der Waals surface area contributed by atoms with E-state index < -0.39 is 74.7 Å². The van der Waals surface area contributed by atoms with E-state index in [1.807, 2.05) is 20.8 Å². The topological polar surface area (TPSA) is 178 Å². The molecule has 2 saturated carbocycles. The molecule has 5 atom stereocenters. The first-order valence-corrected chi connectivity index (χ1v) is 22.0. The average Bonchev–Trinajstić information content (AvgIpc) is 4.06. The minimum Gasteiger partial charge on any atom is -0.494 e. The van der Waals surface area contributed by atoms with Crippen LogP contribution in [0.15, 0.2) is 60.6 Å². The van der Waals surface area contributed by atoms with Gasteiger partial charge in [-0.25, -0.2) is 18.4 Å². The van der Waals surface area contributed by atoms with Crippen LogP contribution in [0, 0.1) is 18.3 Å². The standard InChI is InChI=1S/C41H45ClF2N6O8S2/c1-7-23-17-41(23,37(53)49-60(54,55)27-9-10-27)48-34(51)31-16-26(57-35-29-15-24(42)8-11-28(29)32(56-6)18-45-35)19-50(31)36(52)33(40(3,4)5)47-39-46-30(20-59-39)22-12-21(2)13-25(14-22)58-38(43)44/h7-8,11-15,18,20,23,26-27,31,33,38H,1,9-10,16-17,19H2,2-6H3,(H,46,47)(H,48,51)(H,49,53)/t23-,26-,31+,33-,41-/m1/s1. The molecule has 2 aromatic heterocycles. The summed E-state index contributed by atoms with van der Waals surface area (Å²) in [6.45, 7) is 8.00. The van der Waals surface area contributed by atoms with Gasteiger partial charge in [0.15, 0.2) is 5.13 Å². The molecule has 4 aromatic rings. The molecule has 2 aliphatic carbocycles. The van der Waals surface area contributed by atoms with Crippen LogP contribution >= 0.6 is 22.9 Å². The number of carbonyl (C=O) groups is 3. The Morgan fingerprint density at radius 1 is 1.13 bits per heavy atom. The number of nitrogens with one attached hydrogen (secondary N) is 3. The summed E-state index contributed by atoms with van der Waals surface area (Å²) in [6.07, 6.45) is 3.19. The van der Waals surface area contributed by atoms with Crippen molar-refractivity contribution in [2.45, 2.75) is 89.0 Å². The highest BCUT2D eigenvalue weighted by atomic mass is 35.5. The van der Waals surface area contributed by atoms with Crippen molar-refractivity contribution in [3.05, 3.63) is 71.2 Å². The number of rotatable bonds is 15. The van der Waals surface area contributed by atoms with Gasteiger partial charge in [0.25, 0.3) is 5.91 Å². The summed E-state index contributed by atoms with van der Waals surface area (Å²) in [6, 6.07) is 7.72.